The van der Waals surface area contributed by atoms with Crippen molar-refractivity contribution < 1.29 is 4.79 Å². The zero-order chi connectivity index (χ0) is 13.8. The van der Waals surface area contributed by atoms with Gasteiger partial charge in [0.1, 0.15) is 0 Å². The van der Waals surface area contributed by atoms with Gasteiger partial charge in [-0.1, -0.05) is 26.2 Å². The lowest BCUT2D eigenvalue weighted by atomic mass is 10.1. The van der Waals surface area contributed by atoms with Crippen LogP contribution in [0.5, 0.6) is 0 Å². The molecule has 1 aliphatic carbocycles. The normalized spacial score (nSPS) is 17.6. The van der Waals surface area contributed by atoms with Gasteiger partial charge < -0.3 is 5.32 Å². The van der Waals surface area contributed by atoms with Crippen LogP contribution in [0.25, 0.3) is 0 Å². The molecular formula is C15H25N3O. The molecule has 1 heterocycles. The summed E-state index contributed by atoms with van der Waals surface area (Å²) in [6.07, 6.45) is 8.76. The summed E-state index contributed by atoms with van der Waals surface area (Å²) in [7, 11) is 0. The van der Waals surface area contributed by atoms with Crippen molar-refractivity contribution in [1.29, 1.82) is 0 Å². The first-order chi connectivity index (χ1) is 9.13. The molecule has 0 bridgehead atoms. The first kappa shape index (κ1) is 14.1. The lowest BCUT2D eigenvalue weighted by Gasteiger charge is -2.14. The summed E-state index contributed by atoms with van der Waals surface area (Å²) in [6, 6.07) is 0.723. The molecule has 19 heavy (non-hydrogen) atoms. The van der Waals surface area contributed by atoms with Crippen molar-refractivity contribution >= 4 is 5.91 Å². The molecule has 1 atom stereocenters. The largest absolute Gasteiger partial charge is 0.349 e. The van der Waals surface area contributed by atoms with Gasteiger partial charge in [0, 0.05) is 11.7 Å². The molecule has 106 valence electrons. The highest BCUT2D eigenvalue weighted by molar-refractivity contribution is 5.95. The first-order valence-electron chi connectivity index (χ1n) is 7.48. The van der Waals surface area contributed by atoms with Gasteiger partial charge in [0.2, 0.25) is 0 Å². The maximum atomic E-state index is 12.2. The van der Waals surface area contributed by atoms with Gasteiger partial charge in [-0.15, -0.1) is 0 Å². The molecule has 1 N–H and O–H groups in total. The number of rotatable bonds is 5. The average Bonchev–Trinajstić information content (AvgIpc) is 2.97. The Morgan fingerprint density at radius 1 is 1.53 bits per heavy atom. The summed E-state index contributed by atoms with van der Waals surface area (Å²) < 4.78 is 2.05. The summed E-state index contributed by atoms with van der Waals surface area (Å²) in [5.74, 6) is 0.0164. The highest BCUT2D eigenvalue weighted by Gasteiger charge is 2.22. The fraction of sp³-hybridized carbons (Fsp3) is 0.733. The zero-order valence-corrected chi connectivity index (χ0v) is 12.3. The van der Waals surface area contributed by atoms with E-state index >= 15 is 0 Å². The third-order valence-corrected chi connectivity index (χ3v) is 4.06. The lowest BCUT2D eigenvalue weighted by molar-refractivity contribution is 0.0937. The Kier molecular flexibility index (Phi) is 4.61. The quantitative estimate of drug-likeness (QED) is 0.886. The van der Waals surface area contributed by atoms with Crippen molar-refractivity contribution in [3.8, 4) is 0 Å². The predicted molar refractivity (Wildman–Crippen MR) is 76.3 cm³/mol. The molecule has 0 saturated heterocycles. The Bertz CT molecular complexity index is 433. The van der Waals surface area contributed by atoms with E-state index in [0.29, 0.717) is 6.04 Å². The molecule has 1 fully saturated rings. The van der Waals surface area contributed by atoms with Gasteiger partial charge >= 0.3 is 0 Å². The number of nitrogens with one attached hydrogen (secondary N) is 1. The Hall–Kier alpha value is -1.32. The summed E-state index contributed by atoms with van der Waals surface area (Å²) >= 11 is 0. The second-order valence-electron chi connectivity index (χ2n) is 5.69. The molecule has 2 rings (SSSR count). The molecule has 1 amide bonds. The third kappa shape index (κ3) is 3.17. The van der Waals surface area contributed by atoms with E-state index in [2.05, 4.69) is 24.3 Å². The fourth-order valence-corrected chi connectivity index (χ4v) is 2.97. The number of nitrogens with zero attached hydrogens (tertiary/aromatic N) is 2. The van der Waals surface area contributed by atoms with E-state index in [9.17, 15) is 4.79 Å². The van der Waals surface area contributed by atoms with Crippen LogP contribution >= 0.6 is 0 Å². The van der Waals surface area contributed by atoms with Crippen molar-refractivity contribution in [2.45, 2.75) is 71.4 Å². The minimum Gasteiger partial charge on any atom is -0.349 e. The number of carbonyl (C=O) groups is 1. The topological polar surface area (TPSA) is 46.9 Å². The highest BCUT2D eigenvalue weighted by Crippen LogP contribution is 2.30. The summed E-state index contributed by atoms with van der Waals surface area (Å²) in [6.45, 7) is 6.19. The Labute approximate surface area is 115 Å². The summed E-state index contributed by atoms with van der Waals surface area (Å²) in [4.78, 5) is 12.2. The summed E-state index contributed by atoms with van der Waals surface area (Å²) in [5, 5.41) is 7.48. The minimum absolute atomic E-state index is 0.0164. The molecular weight excluding hydrogens is 238 g/mol. The second-order valence-corrected chi connectivity index (χ2v) is 5.69. The van der Waals surface area contributed by atoms with Gasteiger partial charge in [-0.05, 0) is 33.1 Å². The van der Waals surface area contributed by atoms with E-state index in [4.69, 9.17) is 0 Å². The van der Waals surface area contributed by atoms with Gasteiger partial charge in [-0.3, -0.25) is 9.48 Å². The Morgan fingerprint density at radius 2 is 2.21 bits per heavy atom. The molecule has 1 saturated carbocycles. The Balaban J connectivity index is 2.06. The van der Waals surface area contributed by atoms with Crippen molar-refractivity contribution in [3.05, 3.63) is 17.5 Å². The van der Waals surface area contributed by atoms with Gasteiger partial charge in [0.05, 0.1) is 17.8 Å². The van der Waals surface area contributed by atoms with E-state index < -0.39 is 0 Å². The Morgan fingerprint density at radius 3 is 2.84 bits per heavy atom. The van der Waals surface area contributed by atoms with Crippen LogP contribution in [0.15, 0.2) is 6.20 Å². The zero-order valence-electron chi connectivity index (χ0n) is 12.3. The maximum absolute atomic E-state index is 12.2. The molecule has 4 nitrogen and oxygen atoms in total. The van der Waals surface area contributed by atoms with Crippen molar-refractivity contribution in [2.24, 2.45) is 0 Å². The van der Waals surface area contributed by atoms with Gasteiger partial charge in [-0.2, -0.15) is 5.10 Å². The van der Waals surface area contributed by atoms with E-state index in [1.54, 1.807) is 6.20 Å². The van der Waals surface area contributed by atoms with E-state index in [-0.39, 0.29) is 11.9 Å². The van der Waals surface area contributed by atoms with Crippen LogP contribution in [0.4, 0.5) is 0 Å². The summed E-state index contributed by atoms with van der Waals surface area (Å²) in [5.41, 5.74) is 1.74. The molecule has 1 unspecified atom stereocenters. The van der Waals surface area contributed by atoms with Crippen LogP contribution in [0.1, 0.15) is 74.5 Å². The van der Waals surface area contributed by atoms with Crippen molar-refractivity contribution in [1.82, 2.24) is 15.1 Å². The minimum atomic E-state index is 0.0164. The second kappa shape index (κ2) is 6.22. The van der Waals surface area contributed by atoms with Crippen LogP contribution in [0.3, 0.4) is 0 Å². The molecule has 0 spiro atoms. The van der Waals surface area contributed by atoms with E-state index in [0.717, 1.165) is 24.1 Å². The van der Waals surface area contributed by atoms with Gasteiger partial charge in [-0.25, -0.2) is 0 Å². The van der Waals surface area contributed by atoms with Gasteiger partial charge in [0.15, 0.2) is 0 Å². The molecule has 1 aromatic heterocycles. The van der Waals surface area contributed by atoms with Crippen LogP contribution in [-0.2, 0) is 0 Å². The van der Waals surface area contributed by atoms with E-state index in [1.807, 2.05) is 11.6 Å². The molecule has 4 heteroatoms. The number of hydrogen-bond donors (Lipinski definition) is 1. The van der Waals surface area contributed by atoms with E-state index in [1.165, 1.54) is 25.7 Å². The maximum Gasteiger partial charge on any atom is 0.254 e. The highest BCUT2D eigenvalue weighted by atomic mass is 16.1. The number of hydrogen-bond acceptors (Lipinski definition) is 2. The van der Waals surface area contributed by atoms with Crippen LogP contribution < -0.4 is 5.32 Å². The van der Waals surface area contributed by atoms with Crippen molar-refractivity contribution in [3.63, 3.8) is 0 Å². The van der Waals surface area contributed by atoms with Crippen molar-refractivity contribution in [2.75, 3.05) is 0 Å². The predicted octanol–water partition coefficient (Wildman–Crippen LogP) is 3.23. The third-order valence-electron chi connectivity index (χ3n) is 4.06. The van der Waals surface area contributed by atoms with Crippen LogP contribution in [0.2, 0.25) is 0 Å². The number of carbonyl (C=O) groups excluding carboxylic acids is 1. The molecule has 1 aliphatic rings. The molecule has 0 aromatic carbocycles. The monoisotopic (exact) mass is 263 g/mol. The first-order valence-corrected chi connectivity index (χ1v) is 7.48. The van der Waals surface area contributed by atoms with Crippen LogP contribution in [-0.4, -0.2) is 21.7 Å². The van der Waals surface area contributed by atoms with Gasteiger partial charge in [0.25, 0.3) is 5.91 Å². The molecule has 0 radical (unpaired) electrons. The fourth-order valence-electron chi connectivity index (χ4n) is 2.97. The SMILES string of the molecule is CCCC(C)NC(=O)c1cnn(C2CCCC2)c1C. The number of aromatic nitrogens is 2. The average molecular weight is 263 g/mol. The molecule has 1 aromatic rings. The van der Waals surface area contributed by atoms with Crippen LogP contribution in [0, 0.1) is 6.92 Å². The number of amides is 1. The molecule has 0 aliphatic heterocycles. The standard InChI is InChI=1S/C15H25N3O/c1-4-7-11(2)17-15(19)14-10-16-18(12(14)3)13-8-5-6-9-13/h10-11,13H,4-9H2,1-3H3,(H,17,19). The smallest absolute Gasteiger partial charge is 0.254 e. The lowest BCUT2D eigenvalue weighted by Crippen LogP contribution is -2.32.